The van der Waals surface area contributed by atoms with Gasteiger partial charge < -0.3 is 10.1 Å². The first-order chi connectivity index (χ1) is 11.9. The van der Waals surface area contributed by atoms with E-state index in [2.05, 4.69) is 5.32 Å². The minimum Gasteiger partial charge on any atom is -0.462 e. The highest BCUT2D eigenvalue weighted by atomic mass is 32.2. The first-order valence-corrected chi connectivity index (χ1v) is 8.25. The zero-order valence-electron chi connectivity index (χ0n) is 13.1. The minimum atomic E-state index is -4.39. The molecule has 1 atom stereocenters. The van der Waals surface area contributed by atoms with Gasteiger partial charge in [-0.05, 0) is 29.5 Å². The number of thioether (sulfide) groups is 1. The molecule has 0 bridgehead atoms. The first kappa shape index (κ1) is 17.4. The highest BCUT2D eigenvalue weighted by Gasteiger charge is 2.37. The Bertz CT molecular complexity index is 819. The molecule has 0 saturated heterocycles. The van der Waals surface area contributed by atoms with Gasteiger partial charge in [-0.15, -0.1) is 0 Å². The van der Waals surface area contributed by atoms with E-state index in [1.807, 2.05) is 6.07 Å². The number of rotatable bonds is 4. The largest absolute Gasteiger partial charge is 0.462 e. The van der Waals surface area contributed by atoms with Crippen molar-refractivity contribution in [2.75, 3.05) is 7.05 Å². The average Bonchev–Trinajstić information content (AvgIpc) is 2.91. The molecule has 1 aliphatic heterocycles. The van der Waals surface area contributed by atoms with Gasteiger partial charge in [-0.2, -0.15) is 13.2 Å². The Morgan fingerprint density at radius 1 is 1.08 bits per heavy atom. The van der Waals surface area contributed by atoms with Gasteiger partial charge in [0.1, 0.15) is 0 Å². The molecule has 2 aromatic carbocycles. The molecule has 0 spiro atoms. The Balaban J connectivity index is 1.95. The fourth-order valence-electron chi connectivity index (χ4n) is 2.63. The maximum atomic E-state index is 12.8. The molecule has 0 saturated carbocycles. The van der Waals surface area contributed by atoms with Crippen LogP contribution in [0, 0.1) is 0 Å². The molecule has 130 valence electrons. The fraction of sp³-hybridized carbons (Fsp3) is 0.167. The smallest absolute Gasteiger partial charge is 0.446 e. The normalized spacial score (nSPS) is 17.6. The predicted molar refractivity (Wildman–Crippen MR) is 89.6 cm³/mol. The number of carbonyl (C=O) groups is 1. The molecule has 0 aliphatic carbocycles. The van der Waals surface area contributed by atoms with Crippen LogP contribution in [0.5, 0.6) is 0 Å². The van der Waals surface area contributed by atoms with Crippen LogP contribution in [0.1, 0.15) is 17.2 Å². The van der Waals surface area contributed by atoms with E-state index in [9.17, 15) is 18.0 Å². The lowest BCUT2D eigenvalue weighted by molar-refractivity contribution is -0.120. The van der Waals surface area contributed by atoms with Gasteiger partial charge in [-0.1, -0.05) is 42.5 Å². The number of halogens is 3. The molecule has 0 radical (unpaired) electrons. The van der Waals surface area contributed by atoms with Gasteiger partial charge in [-0.3, -0.25) is 4.79 Å². The van der Waals surface area contributed by atoms with Crippen molar-refractivity contribution in [2.45, 2.75) is 16.5 Å². The lowest BCUT2D eigenvalue weighted by Crippen LogP contribution is -2.10. The van der Waals surface area contributed by atoms with E-state index in [0.29, 0.717) is 11.1 Å². The molecule has 0 aromatic heterocycles. The highest BCUT2D eigenvalue weighted by molar-refractivity contribution is 8.00. The predicted octanol–water partition coefficient (Wildman–Crippen LogP) is 4.53. The topological polar surface area (TPSA) is 38.3 Å². The molecule has 2 aromatic rings. The molecular formula is C18H14F3NO2S. The number of Topliss-reactive ketones (excluding diaryl/α,β-unsaturated/α-hetero) is 1. The van der Waals surface area contributed by atoms with Crippen LogP contribution in [0.25, 0.3) is 5.57 Å². The van der Waals surface area contributed by atoms with Gasteiger partial charge in [0.25, 0.3) is 0 Å². The molecule has 0 fully saturated rings. The summed E-state index contributed by atoms with van der Waals surface area (Å²) in [6, 6.07) is 14.8. The van der Waals surface area contributed by atoms with Crippen molar-refractivity contribution in [3.63, 3.8) is 0 Å². The molecule has 7 heteroatoms. The number of carbonyl (C=O) groups excluding carboxylic acids is 1. The summed E-state index contributed by atoms with van der Waals surface area (Å²) in [5.41, 5.74) is -3.05. The summed E-state index contributed by atoms with van der Waals surface area (Å²) in [6.45, 7) is 0. The zero-order chi connectivity index (χ0) is 18.0. The fourth-order valence-corrected chi connectivity index (χ4v) is 3.23. The molecular weight excluding hydrogens is 351 g/mol. The summed E-state index contributed by atoms with van der Waals surface area (Å²) in [5, 5.41) is 2.82. The number of alkyl halides is 3. The van der Waals surface area contributed by atoms with E-state index < -0.39 is 11.6 Å². The van der Waals surface area contributed by atoms with Crippen LogP contribution in [0.4, 0.5) is 13.2 Å². The van der Waals surface area contributed by atoms with Gasteiger partial charge in [-0.25, -0.2) is 0 Å². The third kappa shape index (κ3) is 3.82. The van der Waals surface area contributed by atoms with Crippen LogP contribution in [0.3, 0.4) is 0 Å². The van der Waals surface area contributed by atoms with Crippen LogP contribution >= 0.6 is 11.8 Å². The number of benzene rings is 2. The van der Waals surface area contributed by atoms with E-state index in [1.54, 1.807) is 37.4 Å². The van der Waals surface area contributed by atoms with Crippen LogP contribution in [0.15, 0.2) is 65.4 Å². The summed E-state index contributed by atoms with van der Waals surface area (Å²) in [4.78, 5) is 12.8. The maximum Gasteiger partial charge on any atom is 0.446 e. The van der Waals surface area contributed by atoms with E-state index in [0.717, 1.165) is 0 Å². The van der Waals surface area contributed by atoms with Crippen molar-refractivity contribution in [3.8, 4) is 0 Å². The van der Waals surface area contributed by atoms with Gasteiger partial charge in [0.05, 0.1) is 5.57 Å². The molecule has 1 aliphatic rings. The lowest BCUT2D eigenvalue weighted by atomic mass is 9.97. The first-order valence-electron chi connectivity index (χ1n) is 7.43. The summed E-state index contributed by atoms with van der Waals surface area (Å²) < 4.78 is 43.5. The van der Waals surface area contributed by atoms with Crippen LogP contribution in [-0.2, 0) is 9.53 Å². The number of hydrogen-bond donors (Lipinski definition) is 1. The monoisotopic (exact) mass is 365 g/mol. The molecule has 1 N–H and O–H groups in total. The SMILES string of the molecule is CNC1=C(c2cccc(SC(F)(F)F)c2)C(=O)C(c2ccccc2)O1. The van der Waals surface area contributed by atoms with E-state index in [4.69, 9.17) is 4.74 Å². The summed E-state index contributed by atoms with van der Waals surface area (Å²) in [5.74, 6) is -0.0299. The average molecular weight is 365 g/mol. The van der Waals surface area contributed by atoms with Gasteiger partial charge >= 0.3 is 5.51 Å². The second-order valence-corrected chi connectivity index (χ2v) is 6.44. The van der Waals surface area contributed by atoms with Crippen molar-refractivity contribution in [3.05, 3.63) is 71.6 Å². The van der Waals surface area contributed by atoms with Crippen LogP contribution in [-0.4, -0.2) is 18.3 Å². The third-order valence-corrected chi connectivity index (χ3v) is 4.35. The number of hydrogen-bond acceptors (Lipinski definition) is 4. The summed E-state index contributed by atoms with van der Waals surface area (Å²) in [6.07, 6.45) is -0.808. The van der Waals surface area contributed by atoms with E-state index >= 15 is 0 Å². The Hall–Kier alpha value is -2.41. The molecule has 3 nitrogen and oxygen atoms in total. The second-order valence-electron chi connectivity index (χ2n) is 5.30. The molecule has 3 rings (SSSR count). The third-order valence-electron chi connectivity index (χ3n) is 3.63. The lowest BCUT2D eigenvalue weighted by Gasteiger charge is -2.11. The van der Waals surface area contributed by atoms with Gasteiger partial charge in [0.2, 0.25) is 5.78 Å². The van der Waals surface area contributed by atoms with E-state index in [1.165, 1.54) is 18.2 Å². The van der Waals surface area contributed by atoms with Crippen molar-refractivity contribution in [1.82, 2.24) is 5.32 Å². The zero-order valence-corrected chi connectivity index (χ0v) is 13.9. The Morgan fingerprint density at radius 2 is 1.80 bits per heavy atom. The van der Waals surface area contributed by atoms with Crippen molar-refractivity contribution >= 4 is 23.1 Å². The second kappa shape index (κ2) is 6.84. The van der Waals surface area contributed by atoms with Crippen molar-refractivity contribution in [1.29, 1.82) is 0 Å². The minimum absolute atomic E-state index is 0.0175. The maximum absolute atomic E-state index is 12.8. The van der Waals surface area contributed by atoms with Gasteiger partial charge in [0, 0.05) is 17.5 Å². The Morgan fingerprint density at radius 3 is 2.44 bits per heavy atom. The Labute approximate surface area is 146 Å². The summed E-state index contributed by atoms with van der Waals surface area (Å²) in [7, 11) is 1.60. The molecule has 25 heavy (non-hydrogen) atoms. The molecule has 1 heterocycles. The molecule has 0 amide bonds. The number of ether oxygens (including phenoxy) is 1. The van der Waals surface area contributed by atoms with Crippen molar-refractivity contribution < 1.29 is 22.7 Å². The van der Waals surface area contributed by atoms with Gasteiger partial charge in [0.15, 0.2) is 12.0 Å². The molecule has 1 unspecified atom stereocenters. The van der Waals surface area contributed by atoms with Crippen molar-refractivity contribution in [2.24, 2.45) is 0 Å². The van der Waals surface area contributed by atoms with Crippen LogP contribution in [0.2, 0.25) is 0 Å². The number of nitrogens with one attached hydrogen (secondary N) is 1. The van der Waals surface area contributed by atoms with Crippen LogP contribution < -0.4 is 5.32 Å². The Kier molecular flexibility index (Phi) is 4.76. The quantitative estimate of drug-likeness (QED) is 0.808. The van der Waals surface area contributed by atoms with E-state index in [-0.39, 0.29) is 33.9 Å². The highest BCUT2D eigenvalue weighted by Crippen LogP contribution is 2.40. The number of ketones is 1. The standard InChI is InChI=1S/C18H14F3NO2S/c1-22-17-14(12-8-5-9-13(10-12)25-18(19,20)21)15(23)16(24-17)11-6-3-2-4-7-11/h2-10,16,22H,1H3. The summed E-state index contributed by atoms with van der Waals surface area (Å²) >= 11 is -0.214.